The van der Waals surface area contributed by atoms with E-state index >= 15 is 0 Å². The molecular weight excluding hydrogens is 392 g/mol. The van der Waals surface area contributed by atoms with E-state index < -0.39 is 42.0 Å². The summed E-state index contributed by atoms with van der Waals surface area (Å²) < 4.78 is 27.3. The first-order chi connectivity index (χ1) is 14.1. The zero-order chi connectivity index (χ0) is 21.9. The Bertz CT molecular complexity index is 685. The Balaban J connectivity index is 1.58. The van der Waals surface area contributed by atoms with E-state index in [9.17, 15) is 14.4 Å². The number of hydrogen-bond donors (Lipinski definition) is 0. The van der Waals surface area contributed by atoms with Crippen molar-refractivity contribution >= 4 is 17.9 Å². The first-order valence-corrected chi connectivity index (χ1v) is 10.6. The number of rotatable bonds is 10. The van der Waals surface area contributed by atoms with Crippen LogP contribution in [0.15, 0.2) is 12.2 Å². The van der Waals surface area contributed by atoms with Crippen molar-refractivity contribution in [1.82, 2.24) is 0 Å². The Labute approximate surface area is 177 Å². The van der Waals surface area contributed by atoms with Gasteiger partial charge in [0.1, 0.15) is 12.2 Å². The van der Waals surface area contributed by atoms with Crippen molar-refractivity contribution in [1.29, 1.82) is 0 Å². The Hall–Kier alpha value is -1.93. The van der Waals surface area contributed by atoms with Gasteiger partial charge in [0.25, 0.3) is 0 Å². The molecule has 0 radical (unpaired) electrons. The van der Waals surface area contributed by atoms with Crippen LogP contribution in [0.5, 0.6) is 0 Å². The van der Waals surface area contributed by atoms with Gasteiger partial charge in [0.15, 0.2) is 12.9 Å². The van der Waals surface area contributed by atoms with Crippen LogP contribution in [0.1, 0.15) is 59.3 Å². The van der Waals surface area contributed by atoms with E-state index in [0.717, 1.165) is 32.1 Å². The summed E-state index contributed by atoms with van der Waals surface area (Å²) >= 11 is 0. The van der Waals surface area contributed by atoms with Crippen molar-refractivity contribution in [3.63, 3.8) is 0 Å². The van der Waals surface area contributed by atoms with Gasteiger partial charge in [-0.2, -0.15) is 0 Å². The smallest absolute Gasteiger partial charge is 0.344 e. The van der Waals surface area contributed by atoms with Crippen molar-refractivity contribution in [2.45, 2.75) is 76.8 Å². The first-order valence-electron chi connectivity index (χ1n) is 10.6. The number of ether oxygens (including phenoxy) is 5. The lowest BCUT2D eigenvalue weighted by Crippen LogP contribution is -2.61. The average molecular weight is 424 g/mol. The highest BCUT2D eigenvalue weighted by Gasteiger charge is 2.60. The normalized spacial score (nSPS) is 32.4. The molecule has 4 aliphatic rings. The Morgan fingerprint density at radius 1 is 1.03 bits per heavy atom. The fourth-order valence-electron chi connectivity index (χ4n) is 5.60. The lowest BCUT2D eigenvalue weighted by atomic mass is 9.52. The molecule has 168 valence electrons. The lowest BCUT2D eigenvalue weighted by molar-refractivity contribution is -0.239. The summed E-state index contributed by atoms with van der Waals surface area (Å²) in [4.78, 5) is 36.0. The van der Waals surface area contributed by atoms with Gasteiger partial charge in [-0.15, -0.1) is 0 Å². The molecule has 4 rings (SSSR count). The average Bonchev–Trinajstić information content (AvgIpc) is 2.63. The van der Waals surface area contributed by atoms with Gasteiger partial charge in [-0.05, 0) is 64.7 Å². The molecule has 0 N–H and O–H groups in total. The van der Waals surface area contributed by atoms with Gasteiger partial charge in [0.2, 0.25) is 0 Å². The van der Waals surface area contributed by atoms with Crippen LogP contribution in [-0.2, 0) is 38.1 Å². The number of esters is 3. The standard InChI is InChI=1S/C22H32O8/c1-5-26-15(4)29-18(23)12-28-21-7-16-6-17(8-21)10-22(9-16,13-21)30-19(24)11-27-20(25)14(2)3/h15-17H,2,5-13H2,1,3-4H3. The summed E-state index contributed by atoms with van der Waals surface area (Å²) in [6.07, 6.45) is 4.27. The molecule has 4 aliphatic carbocycles. The third kappa shape index (κ3) is 5.40. The van der Waals surface area contributed by atoms with Gasteiger partial charge >= 0.3 is 17.9 Å². The second kappa shape index (κ2) is 9.06. The molecule has 0 aromatic carbocycles. The molecule has 0 saturated heterocycles. The molecule has 0 aromatic rings. The highest BCUT2D eigenvalue weighted by atomic mass is 16.7. The second-order valence-corrected chi connectivity index (χ2v) is 8.96. The van der Waals surface area contributed by atoms with Gasteiger partial charge in [0, 0.05) is 18.6 Å². The SMILES string of the molecule is C=C(C)C(=O)OCC(=O)OC12CC3CC(CC(OCC(=O)OC(C)OCC)(C3)C1)C2. The topological polar surface area (TPSA) is 97.4 Å². The molecule has 3 atom stereocenters. The monoisotopic (exact) mass is 424 g/mol. The van der Waals surface area contributed by atoms with E-state index in [-0.39, 0.29) is 12.2 Å². The van der Waals surface area contributed by atoms with Crippen molar-refractivity contribution < 1.29 is 38.1 Å². The predicted molar refractivity (Wildman–Crippen MR) is 105 cm³/mol. The third-order valence-corrected chi connectivity index (χ3v) is 6.15. The fraction of sp³-hybridized carbons (Fsp3) is 0.773. The summed E-state index contributed by atoms with van der Waals surface area (Å²) in [6, 6.07) is 0. The minimum absolute atomic E-state index is 0.156. The highest BCUT2D eigenvalue weighted by molar-refractivity contribution is 5.88. The third-order valence-electron chi connectivity index (χ3n) is 6.15. The molecular formula is C22H32O8. The molecule has 0 amide bonds. The van der Waals surface area contributed by atoms with Crippen LogP contribution in [0.2, 0.25) is 0 Å². The number of carbonyl (C=O) groups is 3. The number of carbonyl (C=O) groups excluding carboxylic acids is 3. The van der Waals surface area contributed by atoms with Crippen LogP contribution in [0.3, 0.4) is 0 Å². The molecule has 0 aliphatic heterocycles. The lowest BCUT2D eigenvalue weighted by Gasteiger charge is -2.60. The largest absolute Gasteiger partial charge is 0.456 e. The van der Waals surface area contributed by atoms with Gasteiger partial charge in [-0.1, -0.05) is 6.58 Å². The summed E-state index contributed by atoms with van der Waals surface area (Å²) in [7, 11) is 0. The van der Waals surface area contributed by atoms with Crippen LogP contribution in [0.4, 0.5) is 0 Å². The minimum atomic E-state index is -0.626. The summed E-state index contributed by atoms with van der Waals surface area (Å²) in [5, 5.41) is 0. The van der Waals surface area contributed by atoms with E-state index in [1.807, 2.05) is 6.92 Å². The fourth-order valence-corrected chi connectivity index (χ4v) is 5.60. The molecule has 30 heavy (non-hydrogen) atoms. The van der Waals surface area contributed by atoms with Gasteiger partial charge in [-0.25, -0.2) is 14.4 Å². The summed E-state index contributed by atoms with van der Waals surface area (Å²) in [5.41, 5.74) is -0.887. The van der Waals surface area contributed by atoms with Crippen molar-refractivity contribution in [2.24, 2.45) is 11.8 Å². The van der Waals surface area contributed by atoms with E-state index in [4.69, 9.17) is 23.7 Å². The van der Waals surface area contributed by atoms with Crippen molar-refractivity contribution in [2.75, 3.05) is 19.8 Å². The molecule has 4 bridgehead atoms. The zero-order valence-corrected chi connectivity index (χ0v) is 18.1. The summed E-state index contributed by atoms with van der Waals surface area (Å²) in [5.74, 6) is -0.876. The zero-order valence-electron chi connectivity index (χ0n) is 18.1. The van der Waals surface area contributed by atoms with Crippen LogP contribution >= 0.6 is 0 Å². The van der Waals surface area contributed by atoms with Crippen LogP contribution in [0, 0.1) is 11.8 Å². The molecule has 3 unspecified atom stereocenters. The quantitative estimate of drug-likeness (QED) is 0.229. The van der Waals surface area contributed by atoms with Crippen molar-refractivity contribution in [3.05, 3.63) is 12.2 Å². The van der Waals surface area contributed by atoms with Gasteiger partial charge in [0.05, 0.1) is 5.60 Å². The minimum Gasteiger partial charge on any atom is -0.456 e. The maximum absolute atomic E-state index is 12.4. The maximum atomic E-state index is 12.4. The molecule has 4 saturated carbocycles. The van der Waals surface area contributed by atoms with E-state index in [1.54, 1.807) is 6.92 Å². The Morgan fingerprint density at radius 3 is 2.27 bits per heavy atom. The molecule has 0 spiro atoms. The Kier molecular flexibility index (Phi) is 6.87. The van der Waals surface area contributed by atoms with E-state index in [2.05, 4.69) is 6.58 Å². The van der Waals surface area contributed by atoms with E-state index in [0.29, 0.717) is 24.9 Å². The number of hydrogen-bond acceptors (Lipinski definition) is 8. The molecule has 8 heteroatoms. The predicted octanol–water partition coefficient (Wildman–Crippen LogP) is 2.68. The highest BCUT2D eigenvalue weighted by Crippen LogP contribution is 2.60. The molecule has 0 heterocycles. The van der Waals surface area contributed by atoms with Gasteiger partial charge in [-0.3, -0.25) is 0 Å². The van der Waals surface area contributed by atoms with Gasteiger partial charge < -0.3 is 23.7 Å². The van der Waals surface area contributed by atoms with Crippen LogP contribution in [-0.4, -0.2) is 55.2 Å². The Morgan fingerprint density at radius 2 is 1.67 bits per heavy atom. The van der Waals surface area contributed by atoms with Crippen molar-refractivity contribution in [3.8, 4) is 0 Å². The van der Waals surface area contributed by atoms with Crippen LogP contribution in [0.25, 0.3) is 0 Å². The van der Waals surface area contributed by atoms with E-state index in [1.165, 1.54) is 6.92 Å². The van der Waals surface area contributed by atoms with Crippen LogP contribution < -0.4 is 0 Å². The molecule has 8 nitrogen and oxygen atoms in total. The second-order valence-electron chi connectivity index (χ2n) is 8.96. The first kappa shape index (κ1) is 22.7. The summed E-state index contributed by atoms with van der Waals surface area (Å²) in [6.45, 7) is 8.38. The maximum Gasteiger partial charge on any atom is 0.344 e. The molecule has 4 fully saturated rings. The molecule has 0 aromatic heterocycles.